The van der Waals surface area contributed by atoms with Gasteiger partial charge in [0, 0.05) is 12.7 Å². The minimum absolute atomic E-state index is 0.303. The van der Waals surface area contributed by atoms with Crippen molar-refractivity contribution in [3.63, 3.8) is 0 Å². The number of benzene rings is 2. The Bertz CT molecular complexity index is 745. The SMILES string of the molecule is COC1OC2COC(c3ccccc3)OC2C(OCc2ccccc2)C1OCF. The first-order valence-corrected chi connectivity index (χ1v) is 9.63. The largest absolute Gasteiger partial charge is 0.368 e. The second-order valence-corrected chi connectivity index (χ2v) is 6.96. The number of hydrogen-bond acceptors (Lipinski definition) is 6. The van der Waals surface area contributed by atoms with Crippen molar-refractivity contribution in [2.45, 2.75) is 43.6 Å². The molecule has 7 heteroatoms. The van der Waals surface area contributed by atoms with Crippen LogP contribution in [0.1, 0.15) is 17.4 Å². The monoisotopic (exact) mass is 404 g/mol. The predicted molar refractivity (Wildman–Crippen MR) is 102 cm³/mol. The Morgan fingerprint density at radius 3 is 2.34 bits per heavy atom. The van der Waals surface area contributed by atoms with Gasteiger partial charge in [-0.2, -0.15) is 0 Å². The summed E-state index contributed by atoms with van der Waals surface area (Å²) >= 11 is 0. The Balaban J connectivity index is 1.55. The van der Waals surface area contributed by atoms with Crippen molar-refractivity contribution >= 4 is 0 Å². The molecule has 2 aliphatic rings. The zero-order valence-electron chi connectivity index (χ0n) is 16.2. The summed E-state index contributed by atoms with van der Waals surface area (Å²) in [5, 5.41) is 0. The first kappa shape index (κ1) is 20.4. The summed E-state index contributed by atoms with van der Waals surface area (Å²) < 4.78 is 48.0. The molecule has 29 heavy (non-hydrogen) atoms. The molecule has 6 unspecified atom stereocenters. The van der Waals surface area contributed by atoms with Gasteiger partial charge in [0.15, 0.2) is 19.4 Å². The minimum atomic E-state index is -0.977. The van der Waals surface area contributed by atoms with Crippen molar-refractivity contribution in [2.24, 2.45) is 0 Å². The predicted octanol–water partition coefficient (Wildman–Crippen LogP) is 3.37. The van der Waals surface area contributed by atoms with Crippen LogP contribution < -0.4 is 0 Å². The Morgan fingerprint density at radius 1 is 0.931 bits per heavy atom. The van der Waals surface area contributed by atoms with Crippen LogP contribution in [-0.2, 0) is 35.0 Å². The molecule has 0 saturated carbocycles. The van der Waals surface area contributed by atoms with E-state index >= 15 is 0 Å². The van der Waals surface area contributed by atoms with E-state index in [4.69, 9.17) is 28.4 Å². The molecule has 0 aromatic heterocycles. The van der Waals surface area contributed by atoms with Crippen LogP contribution in [0.3, 0.4) is 0 Å². The number of halogens is 1. The van der Waals surface area contributed by atoms with Gasteiger partial charge >= 0.3 is 0 Å². The molecule has 2 aromatic rings. The van der Waals surface area contributed by atoms with Gasteiger partial charge in [0.25, 0.3) is 0 Å². The van der Waals surface area contributed by atoms with Crippen molar-refractivity contribution in [1.29, 1.82) is 0 Å². The Hall–Kier alpha value is -1.87. The first-order valence-electron chi connectivity index (χ1n) is 9.63. The molecule has 0 radical (unpaired) electrons. The van der Waals surface area contributed by atoms with Crippen molar-refractivity contribution in [2.75, 3.05) is 20.6 Å². The highest BCUT2D eigenvalue weighted by Gasteiger charge is 2.51. The maximum atomic E-state index is 13.1. The number of rotatable bonds is 7. The van der Waals surface area contributed by atoms with Crippen LogP contribution in [0.5, 0.6) is 0 Å². The number of alkyl halides is 1. The highest BCUT2D eigenvalue weighted by molar-refractivity contribution is 5.17. The highest BCUT2D eigenvalue weighted by Crippen LogP contribution is 2.36. The van der Waals surface area contributed by atoms with Gasteiger partial charge in [-0.15, -0.1) is 0 Å². The summed E-state index contributed by atoms with van der Waals surface area (Å²) in [5.41, 5.74) is 1.89. The molecule has 6 atom stereocenters. The van der Waals surface area contributed by atoms with Gasteiger partial charge in [-0.25, -0.2) is 4.39 Å². The van der Waals surface area contributed by atoms with Gasteiger partial charge in [-0.05, 0) is 5.56 Å². The number of fused-ring (bicyclic) bond motifs is 1. The standard InChI is InChI=1S/C22H25FO6/c1-24-22-20(27-14-23)19(25-12-15-8-4-2-5-9-15)18-17(28-22)13-26-21(29-18)16-10-6-3-7-11-16/h2-11,17-22H,12-14H2,1H3. The molecule has 2 heterocycles. The maximum absolute atomic E-state index is 13.1. The molecule has 2 saturated heterocycles. The van der Waals surface area contributed by atoms with Gasteiger partial charge in [-0.1, -0.05) is 60.7 Å². The molecule has 156 valence electrons. The van der Waals surface area contributed by atoms with E-state index < -0.39 is 43.9 Å². The summed E-state index contributed by atoms with van der Waals surface area (Å²) in [5.74, 6) is 0. The molecular formula is C22H25FO6. The summed E-state index contributed by atoms with van der Waals surface area (Å²) in [6.07, 6.45) is -3.63. The third-order valence-corrected chi connectivity index (χ3v) is 5.13. The van der Waals surface area contributed by atoms with E-state index in [0.29, 0.717) is 13.2 Å². The lowest BCUT2D eigenvalue weighted by Crippen LogP contribution is -2.63. The molecule has 2 aliphatic heterocycles. The molecule has 0 amide bonds. The average molecular weight is 404 g/mol. The summed E-state index contributed by atoms with van der Waals surface area (Å²) in [7, 11) is 1.49. The average Bonchev–Trinajstić information content (AvgIpc) is 2.79. The summed E-state index contributed by atoms with van der Waals surface area (Å²) in [4.78, 5) is 0. The van der Waals surface area contributed by atoms with E-state index in [1.165, 1.54) is 7.11 Å². The van der Waals surface area contributed by atoms with Crippen molar-refractivity contribution in [3.05, 3.63) is 71.8 Å². The quantitative estimate of drug-likeness (QED) is 0.705. The lowest BCUT2D eigenvalue weighted by Gasteiger charge is -2.48. The molecule has 2 fully saturated rings. The first-order chi connectivity index (χ1) is 14.3. The van der Waals surface area contributed by atoms with Crippen LogP contribution >= 0.6 is 0 Å². The second kappa shape index (κ2) is 9.75. The van der Waals surface area contributed by atoms with E-state index in [0.717, 1.165) is 11.1 Å². The third-order valence-electron chi connectivity index (χ3n) is 5.13. The van der Waals surface area contributed by atoms with E-state index in [2.05, 4.69) is 0 Å². The van der Waals surface area contributed by atoms with Gasteiger partial charge in [0.05, 0.1) is 13.2 Å². The molecule has 2 aromatic carbocycles. The Labute approximate surface area is 169 Å². The molecule has 4 rings (SSSR count). The highest BCUT2D eigenvalue weighted by atomic mass is 19.1. The van der Waals surface area contributed by atoms with Crippen LogP contribution in [0, 0.1) is 0 Å². The Morgan fingerprint density at radius 2 is 1.66 bits per heavy atom. The Kier molecular flexibility index (Phi) is 6.86. The van der Waals surface area contributed by atoms with Crippen LogP contribution in [-0.4, -0.2) is 51.3 Å². The smallest absolute Gasteiger partial charge is 0.188 e. The molecule has 0 N–H and O–H groups in total. The molecule has 0 bridgehead atoms. The molecular weight excluding hydrogens is 379 g/mol. The fourth-order valence-corrected chi connectivity index (χ4v) is 3.72. The lowest BCUT2D eigenvalue weighted by atomic mass is 9.97. The van der Waals surface area contributed by atoms with Gasteiger partial charge in [0.1, 0.15) is 24.4 Å². The number of hydrogen-bond donors (Lipinski definition) is 0. The van der Waals surface area contributed by atoms with Crippen LogP contribution in [0.4, 0.5) is 4.39 Å². The van der Waals surface area contributed by atoms with Crippen LogP contribution in [0.2, 0.25) is 0 Å². The van der Waals surface area contributed by atoms with Crippen molar-refractivity contribution in [3.8, 4) is 0 Å². The van der Waals surface area contributed by atoms with E-state index in [9.17, 15) is 4.39 Å². The second-order valence-electron chi connectivity index (χ2n) is 6.96. The fraction of sp³-hybridized carbons (Fsp3) is 0.455. The summed E-state index contributed by atoms with van der Waals surface area (Å²) in [6.45, 7) is -0.343. The van der Waals surface area contributed by atoms with Gasteiger partial charge in [0.2, 0.25) is 0 Å². The fourth-order valence-electron chi connectivity index (χ4n) is 3.72. The van der Waals surface area contributed by atoms with Gasteiger partial charge in [-0.3, -0.25) is 0 Å². The third kappa shape index (κ3) is 4.66. The van der Waals surface area contributed by atoms with Gasteiger partial charge < -0.3 is 28.4 Å². The van der Waals surface area contributed by atoms with Crippen LogP contribution in [0.15, 0.2) is 60.7 Å². The topological polar surface area (TPSA) is 55.4 Å². The normalized spacial score (nSPS) is 31.9. The van der Waals surface area contributed by atoms with Crippen molar-refractivity contribution < 1.29 is 32.8 Å². The van der Waals surface area contributed by atoms with E-state index in [1.54, 1.807) is 0 Å². The van der Waals surface area contributed by atoms with Crippen LogP contribution in [0.25, 0.3) is 0 Å². The number of ether oxygens (including phenoxy) is 6. The van der Waals surface area contributed by atoms with Crippen molar-refractivity contribution in [1.82, 2.24) is 0 Å². The minimum Gasteiger partial charge on any atom is -0.368 e. The van der Waals surface area contributed by atoms with E-state index in [-0.39, 0.29) is 0 Å². The zero-order valence-corrected chi connectivity index (χ0v) is 16.2. The molecule has 0 spiro atoms. The number of methoxy groups -OCH3 is 1. The molecule has 6 nitrogen and oxygen atoms in total. The molecule has 0 aliphatic carbocycles. The lowest BCUT2D eigenvalue weighted by molar-refractivity contribution is -0.370. The van der Waals surface area contributed by atoms with E-state index in [1.807, 2.05) is 60.7 Å². The summed E-state index contributed by atoms with van der Waals surface area (Å²) in [6, 6.07) is 19.4. The zero-order chi connectivity index (χ0) is 20.1. The maximum Gasteiger partial charge on any atom is 0.188 e.